The van der Waals surface area contributed by atoms with Crippen LogP contribution in [0.15, 0.2) is 24.3 Å². The lowest BCUT2D eigenvalue weighted by molar-refractivity contribution is 0.0996. The van der Waals surface area contributed by atoms with Crippen molar-refractivity contribution in [2.24, 2.45) is 0 Å². The third kappa shape index (κ3) is 2.77. The van der Waals surface area contributed by atoms with Crippen molar-refractivity contribution >= 4 is 17.1 Å². The Hall–Kier alpha value is -1.55. The second kappa shape index (κ2) is 4.75. The van der Waals surface area contributed by atoms with Crippen LogP contribution >= 0.6 is 11.3 Å². The molecule has 1 aromatic heterocycles. The maximum atomic E-state index is 13.0. The van der Waals surface area contributed by atoms with Crippen LogP contribution in [-0.2, 0) is 6.42 Å². The molecule has 0 aliphatic rings. The van der Waals surface area contributed by atoms with Gasteiger partial charge in [-0.3, -0.25) is 4.79 Å². The Balaban J connectivity index is 2.20. The first-order chi connectivity index (χ1) is 8.06. The van der Waals surface area contributed by atoms with Crippen LogP contribution in [0.1, 0.15) is 25.9 Å². The number of aromatic nitrogens is 1. The predicted octanol–water partition coefficient (Wildman–Crippen LogP) is 3.32. The Kier molecular flexibility index (Phi) is 3.33. The minimum absolute atomic E-state index is 0.00120. The molecular weight excluding hydrogens is 237 g/mol. The Morgan fingerprint density at radius 3 is 2.76 bits per heavy atom. The van der Waals surface area contributed by atoms with Crippen molar-refractivity contribution in [1.29, 1.82) is 0 Å². The Bertz CT molecular complexity index is 562. The van der Waals surface area contributed by atoms with Gasteiger partial charge in [0.25, 0.3) is 0 Å². The lowest BCUT2D eigenvalue weighted by Gasteiger charge is -2.00. The van der Waals surface area contributed by atoms with Crippen LogP contribution in [0.2, 0.25) is 0 Å². The van der Waals surface area contributed by atoms with Crippen LogP contribution in [-0.4, -0.2) is 10.8 Å². The molecule has 2 nitrogen and oxygen atoms in total. The molecule has 4 heteroatoms. The van der Waals surface area contributed by atoms with Gasteiger partial charge in [-0.25, -0.2) is 9.37 Å². The summed E-state index contributed by atoms with van der Waals surface area (Å²) in [4.78, 5) is 16.9. The predicted molar refractivity (Wildman–Crippen MR) is 66.0 cm³/mol. The molecule has 0 fully saturated rings. The fraction of sp³-hybridized carbons (Fsp3) is 0.231. The van der Waals surface area contributed by atoms with Gasteiger partial charge in [0.05, 0.1) is 15.6 Å². The van der Waals surface area contributed by atoms with E-state index in [0.717, 1.165) is 10.7 Å². The first kappa shape index (κ1) is 11.9. The highest BCUT2D eigenvalue weighted by atomic mass is 32.1. The smallest absolute Gasteiger partial charge is 0.179 e. The molecule has 17 heavy (non-hydrogen) atoms. The summed E-state index contributed by atoms with van der Waals surface area (Å²) in [5.41, 5.74) is 1.45. The summed E-state index contributed by atoms with van der Waals surface area (Å²) in [6.07, 6.45) is 0.222. The maximum Gasteiger partial charge on any atom is 0.179 e. The lowest BCUT2D eigenvalue weighted by Crippen LogP contribution is -2.03. The standard InChI is InChI=1S/C13H12FNOS/c1-8-13(17-9(2)15-8)12(16)7-10-4-3-5-11(14)6-10/h3-6H,7H2,1-2H3. The van der Waals surface area contributed by atoms with E-state index in [1.807, 2.05) is 13.8 Å². The van der Waals surface area contributed by atoms with Crippen LogP contribution in [0.25, 0.3) is 0 Å². The molecule has 0 aliphatic heterocycles. The van der Waals surface area contributed by atoms with Gasteiger partial charge in [-0.05, 0) is 31.5 Å². The number of rotatable bonds is 3. The molecule has 0 amide bonds. The molecule has 1 heterocycles. The second-order valence-electron chi connectivity index (χ2n) is 3.88. The second-order valence-corrected chi connectivity index (χ2v) is 5.08. The van der Waals surface area contributed by atoms with Crippen LogP contribution in [0.4, 0.5) is 4.39 Å². The molecule has 2 rings (SSSR count). The van der Waals surface area contributed by atoms with E-state index in [4.69, 9.17) is 0 Å². The Morgan fingerprint density at radius 2 is 2.18 bits per heavy atom. The lowest BCUT2D eigenvalue weighted by atomic mass is 10.1. The van der Waals surface area contributed by atoms with Crippen LogP contribution < -0.4 is 0 Å². The van der Waals surface area contributed by atoms with Crippen molar-refractivity contribution in [3.05, 3.63) is 51.2 Å². The van der Waals surface area contributed by atoms with Crippen LogP contribution in [0.5, 0.6) is 0 Å². The number of hydrogen-bond donors (Lipinski definition) is 0. The van der Waals surface area contributed by atoms with E-state index in [1.54, 1.807) is 12.1 Å². The molecule has 0 aliphatic carbocycles. The van der Waals surface area contributed by atoms with Gasteiger partial charge in [-0.1, -0.05) is 12.1 Å². The van der Waals surface area contributed by atoms with E-state index >= 15 is 0 Å². The summed E-state index contributed by atoms with van der Waals surface area (Å²) in [6.45, 7) is 3.69. The molecule has 0 atom stereocenters. The maximum absolute atomic E-state index is 13.0. The van der Waals surface area contributed by atoms with Gasteiger partial charge in [-0.2, -0.15) is 0 Å². The molecular formula is C13H12FNOS. The van der Waals surface area contributed by atoms with E-state index < -0.39 is 0 Å². The number of carbonyl (C=O) groups is 1. The van der Waals surface area contributed by atoms with Crippen molar-refractivity contribution in [2.45, 2.75) is 20.3 Å². The minimum atomic E-state index is -0.312. The van der Waals surface area contributed by atoms with Gasteiger partial charge in [0.2, 0.25) is 0 Å². The van der Waals surface area contributed by atoms with Gasteiger partial charge in [0, 0.05) is 6.42 Å². The monoisotopic (exact) mass is 249 g/mol. The zero-order valence-electron chi connectivity index (χ0n) is 9.66. The summed E-state index contributed by atoms with van der Waals surface area (Å²) in [5, 5.41) is 0.880. The molecule has 0 N–H and O–H groups in total. The van der Waals surface area contributed by atoms with Crippen LogP contribution in [0.3, 0.4) is 0 Å². The average molecular weight is 249 g/mol. The average Bonchev–Trinajstić information content (AvgIpc) is 2.58. The fourth-order valence-electron chi connectivity index (χ4n) is 1.70. The number of nitrogens with zero attached hydrogens (tertiary/aromatic N) is 1. The van der Waals surface area contributed by atoms with Crippen molar-refractivity contribution < 1.29 is 9.18 Å². The number of hydrogen-bond acceptors (Lipinski definition) is 3. The van der Waals surface area contributed by atoms with Gasteiger partial charge in [0.15, 0.2) is 5.78 Å². The third-order valence-corrected chi connectivity index (χ3v) is 3.52. The number of benzene rings is 1. The number of Topliss-reactive ketones (excluding diaryl/α,β-unsaturated/α-hetero) is 1. The van der Waals surface area contributed by atoms with E-state index in [1.165, 1.54) is 23.5 Å². The van der Waals surface area contributed by atoms with E-state index in [9.17, 15) is 9.18 Å². The van der Waals surface area contributed by atoms with E-state index in [-0.39, 0.29) is 18.0 Å². The topological polar surface area (TPSA) is 30.0 Å². The summed E-state index contributed by atoms with van der Waals surface area (Å²) in [6, 6.07) is 6.13. The van der Waals surface area contributed by atoms with Gasteiger partial charge >= 0.3 is 0 Å². The van der Waals surface area contributed by atoms with E-state index in [2.05, 4.69) is 4.98 Å². The molecule has 1 aromatic carbocycles. The quantitative estimate of drug-likeness (QED) is 0.781. The van der Waals surface area contributed by atoms with Crippen molar-refractivity contribution in [3.8, 4) is 0 Å². The first-order valence-electron chi connectivity index (χ1n) is 5.28. The summed E-state index contributed by atoms with van der Waals surface area (Å²) in [5.74, 6) is -0.314. The number of aryl methyl sites for hydroxylation is 2. The van der Waals surface area contributed by atoms with Crippen molar-refractivity contribution in [2.75, 3.05) is 0 Å². The first-order valence-corrected chi connectivity index (χ1v) is 6.09. The molecule has 0 bridgehead atoms. The van der Waals surface area contributed by atoms with Gasteiger partial charge in [-0.15, -0.1) is 11.3 Å². The number of thiazole rings is 1. The van der Waals surface area contributed by atoms with Crippen molar-refractivity contribution in [1.82, 2.24) is 4.98 Å². The molecule has 0 spiro atoms. The SMILES string of the molecule is Cc1nc(C)c(C(=O)Cc2cccc(F)c2)s1. The number of halogens is 1. The molecule has 0 saturated heterocycles. The summed E-state index contributed by atoms with van der Waals surface area (Å²) >= 11 is 1.39. The zero-order valence-corrected chi connectivity index (χ0v) is 10.5. The Morgan fingerprint density at radius 1 is 1.41 bits per heavy atom. The summed E-state index contributed by atoms with van der Waals surface area (Å²) in [7, 11) is 0. The highest BCUT2D eigenvalue weighted by molar-refractivity contribution is 7.13. The molecule has 0 saturated carbocycles. The number of ketones is 1. The number of carbonyl (C=O) groups excluding carboxylic acids is 1. The molecule has 2 aromatic rings. The van der Waals surface area contributed by atoms with Gasteiger partial charge < -0.3 is 0 Å². The van der Waals surface area contributed by atoms with Crippen LogP contribution in [0, 0.1) is 19.7 Å². The third-order valence-electron chi connectivity index (χ3n) is 2.41. The van der Waals surface area contributed by atoms with Gasteiger partial charge in [0.1, 0.15) is 5.82 Å². The largest absolute Gasteiger partial charge is 0.293 e. The highest BCUT2D eigenvalue weighted by Gasteiger charge is 2.14. The fourth-order valence-corrected chi connectivity index (χ4v) is 2.56. The van der Waals surface area contributed by atoms with Crippen molar-refractivity contribution in [3.63, 3.8) is 0 Å². The molecule has 88 valence electrons. The van der Waals surface area contributed by atoms with E-state index in [0.29, 0.717) is 10.4 Å². The summed E-state index contributed by atoms with van der Waals surface area (Å²) < 4.78 is 13.0. The normalized spacial score (nSPS) is 10.5. The molecule has 0 unspecified atom stereocenters. The minimum Gasteiger partial charge on any atom is -0.293 e. The Labute approximate surface area is 103 Å². The molecule has 0 radical (unpaired) electrons. The zero-order chi connectivity index (χ0) is 12.4. The highest BCUT2D eigenvalue weighted by Crippen LogP contribution is 2.19.